The summed E-state index contributed by atoms with van der Waals surface area (Å²) in [6.45, 7) is 3.39. The number of nitrogens with one attached hydrogen (secondary N) is 2. The minimum Gasteiger partial charge on any atom is -0.446 e. The molecule has 0 saturated carbocycles. The van der Waals surface area contributed by atoms with Gasteiger partial charge in [-0.1, -0.05) is 18.2 Å². The summed E-state index contributed by atoms with van der Waals surface area (Å²) in [7, 11) is 0. The molecule has 1 heterocycles. The van der Waals surface area contributed by atoms with Crippen LogP contribution in [-0.4, -0.2) is 17.2 Å². The van der Waals surface area contributed by atoms with Gasteiger partial charge in [0, 0.05) is 22.0 Å². The topological polar surface area (TPSA) is 80.1 Å². The summed E-state index contributed by atoms with van der Waals surface area (Å²) in [6.07, 6.45) is -3.43. The van der Waals surface area contributed by atoms with Crippen LogP contribution >= 0.6 is 11.9 Å². The van der Waals surface area contributed by atoms with E-state index in [1.165, 1.54) is 12.1 Å². The van der Waals surface area contributed by atoms with Crippen LogP contribution in [0.2, 0.25) is 0 Å². The van der Waals surface area contributed by atoms with Crippen molar-refractivity contribution in [3.8, 4) is 0 Å². The highest BCUT2D eigenvalue weighted by Crippen LogP contribution is 2.30. The van der Waals surface area contributed by atoms with E-state index in [1.54, 1.807) is 13.8 Å². The normalized spacial score (nSPS) is 11.1. The number of alkyl halides is 3. The molecule has 2 aromatic carbocycles. The number of anilines is 1. The number of carbonyl (C=O) groups excluding carboxylic acids is 1. The summed E-state index contributed by atoms with van der Waals surface area (Å²) < 4.78 is 44.0. The maximum absolute atomic E-state index is 12.3. The quantitative estimate of drug-likeness (QED) is 0.490. The molecule has 28 heavy (non-hydrogen) atoms. The van der Waals surface area contributed by atoms with Crippen molar-refractivity contribution in [2.45, 2.75) is 31.0 Å². The number of H-pyrrole nitrogens is 1. The number of carbonyl (C=O) groups is 1. The number of nitrogens with two attached hydrogens (primary N) is 1. The van der Waals surface area contributed by atoms with E-state index in [0.717, 1.165) is 40.7 Å². The van der Waals surface area contributed by atoms with Gasteiger partial charge in [-0.2, -0.15) is 13.2 Å². The van der Waals surface area contributed by atoms with Gasteiger partial charge in [0.05, 0.1) is 17.4 Å². The second-order valence-electron chi connectivity index (χ2n) is 5.97. The molecule has 0 fully saturated rings. The van der Waals surface area contributed by atoms with Crippen molar-refractivity contribution >= 4 is 34.6 Å². The van der Waals surface area contributed by atoms with Crippen LogP contribution in [0.1, 0.15) is 19.4 Å². The minimum atomic E-state index is -4.35. The molecule has 150 valence electrons. The zero-order valence-electron chi connectivity index (χ0n) is 15.2. The Morgan fingerprint density at radius 1 is 1.14 bits per heavy atom. The maximum atomic E-state index is 12.3. The third-order valence-electron chi connectivity index (χ3n) is 3.40. The fourth-order valence-corrected chi connectivity index (χ4v) is 2.67. The minimum absolute atomic E-state index is 0.252. The molecule has 0 aliphatic heterocycles. The average molecular weight is 411 g/mol. The lowest BCUT2D eigenvalue weighted by atomic mass is 10.2. The molecule has 3 rings (SSSR count). The van der Waals surface area contributed by atoms with E-state index in [0.29, 0.717) is 4.90 Å². The summed E-state index contributed by atoms with van der Waals surface area (Å²) in [5.74, 6) is 0. The molecule has 1 amide bonds. The van der Waals surface area contributed by atoms with Crippen LogP contribution in [0, 0.1) is 0 Å². The van der Waals surface area contributed by atoms with Gasteiger partial charge in [-0.15, -0.1) is 0 Å². The first kappa shape index (κ1) is 21.5. The highest BCUT2D eigenvalue weighted by molar-refractivity contribution is 7.98. The molecule has 1 aromatic heterocycles. The van der Waals surface area contributed by atoms with Gasteiger partial charge >= 0.3 is 12.3 Å². The van der Waals surface area contributed by atoms with Crippen molar-refractivity contribution < 1.29 is 22.7 Å². The van der Waals surface area contributed by atoms with E-state index in [-0.39, 0.29) is 6.10 Å². The first-order valence-electron chi connectivity index (χ1n) is 8.29. The number of hydrogen-bond donors (Lipinski definition) is 3. The van der Waals surface area contributed by atoms with Gasteiger partial charge in [0.1, 0.15) is 0 Å². The summed E-state index contributed by atoms with van der Waals surface area (Å²) in [6, 6.07) is 12.4. The second-order valence-corrected chi connectivity index (χ2v) is 6.85. The number of aromatic nitrogens is 1. The van der Waals surface area contributed by atoms with E-state index < -0.39 is 17.8 Å². The Labute approximate surface area is 164 Å². The Hall–Kier alpha value is -2.81. The number of aromatic amines is 1. The van der Waals surface area contributed by atoms with Crippen molar-refractivity contribution in [2.75, 3.05) is 5.73 Å². The molecular weight excluding hydrogens is 391 g/mol. The Bertz CT molecular complexity index is 909. The van der Waals surface area contributed by atoms with E-state index >= 15 is 0 Å². The van der Waals surface area contributed by atoms with Crippen LogP contribution in [0.25, 0.3) is 10.9 Å². The van der Waals surface area contributed by atoms with Crippen LogP contribution in [0.5, 0.6) is 0 Å². The van der Waals surface area contributed by atoms with Crippen LogP contribution in [0.4, 0.5) is 23.7 Å². The zero-order valence-corrected chi connectivity index (χ0v) is 16.0. The fraction of sp³-hybridized carbons (Fsp3) is 0.211. The van der Waals surface area contributed by atoms with Gasteiger partial charge in [-0.3, -0.25) is 4.72 Å². The maximum Gasteiger partial charge on any atom is 0.417 e. The van der Waals surface area contributed by atoms with Gasteiger partial charge < -0.3 is 15.5 Å². The van der Waals surface area contributed by atoms with E-state index in [2.05, 4.69) is 9.71 Å². The summed E-state index contributed by atoms with van der Waals surface area (Å²) in [5, 5.41) is 1.10. The van der Waals surface area contributed by atoms with E-state index in [9.17, 15) is 18.0 Å². The number of hydrogen-bond acceptors (Lipinski definition) is 4. The molecule has 0 aliphatic rings. The molecule has 9 heteroatoms. The number of nitrogen functional groups attached to an aromatic ring is 1. The van der Waals surface area contributed by atoms with Crippen LogP contribution in [0.3, 0.4) is 0 Å². The average Bonchev–Trinajstić information content (AvgIpc) is 3.01. The standard InChI is InChI=1S/C11H12F3NO2S.C8H8N2/c1-7(2)17-10(16)15-18-9-5-3-8(4-6-9)11(12,13)14;9-7-5-10-8-4-2-1-3-6(7)8/h3-7H,1-2H3,(H,15,16);1-5,10H,9H2. The largest absolute Gasteiger partial charge is 0.446 e. The van der Waals surface area contributed by atoms with Gasteiger partial charge in [0.2, 0.25) is 0 Å². The van der Waals surface area contributed by atoms with Crippen LogP contribution in [0.15, 0.2) is 59.6 Å². The van der Waals surface area contributed by atoms with Crippen molar-refractivity contribution in [1.29, 1.82) is 0 Å². The number of rotatable bonds is 3. The van der Waals surface area contributed by atoms with Crippen molar-refractivity contribution in [2.24, 2.45) is 0 Å². The van der Waals surface area contributed by atoms with Gasteiger partial charge in [0.25, 0.3) is 0 Å². The Kier molecular flexibility index (Phi) is 7.22. The molecule has 5 nitrogen and oxygen atoms in total. The molecule has 0 aliphatic carbocycles. The molecule has 0 atom stereocenters. The number of ether oxygens (including phenoxy) is 1. The van der Waals surface area contributed by atoms with Gasteiger partial charge in [-0.25, -0.2) is 4.79 Å². The molecule has 0 spiro atoms. The summed E-state index contributed by atoms with van der Waals surface area (Å²) >= 11 is 0.898. The van der Waals surface area contributed by atoms with E-state index in [1.807, 2.05) is 30.5 Å². The van der Waals surface area contributed by atoms with Crippen LogP contribution in [-0.2, 0) is 10.9 Å². The smallest absolute Gasteiger partial charge is 0.417 e. The SMILES string of the molecule is CC(C)OC(=O)NSc1ccc(C(F)(F)F)cc1.Nc1c[nH]c2ccccc12. The van der Waals surface area contributed by atoms with Gasteiger partial charge in [-0.05, 0) is 56.1 Å². The molecule has 4 N–H and O–H groups in total. The van der Waals surface area contributed by atoms with Gasteiger partial charge in [0.15, 0.2) is 0 Å². The first-order chi connectivity index (χ1) is 13.2. The van der Waals surface area contributed by atoms with Crippen molar-refractivity contribution in [1.82, 2.24) is 9.71 Å². The lowest BCUT2D eigenvalue weighted by molar-refractivity contribution is -0.137. The predicted octanol–water partition coefficient (Wildman–Crippen LogP) is 5.60. The van der Waals surface area contributed by atoms with Crippen LogP contribution < -0.4 is 10.5 Å². The molecule has 0 unspecified atom stereocenters. The molecule has 0 bridgehead atoms. The van der Waals surface area contributed by atoms with E-state index in [4.69, 9.17) is 10.5 Å². The Morgan fingerprint density at radius 2 is 1.79 bits per heavy atom. The third kappa shape index (κ3) is 6.41. The second kappa shape index (κ2) is 9.41. The molecule has 0 saturated heterocycles. The lowest BCUT2D eigenvalue weighted by Gasteiger charge is -2.09. The Morgan fingerprint density at radius 3 is 2.36 bits per heavy atom. The molecule has 0 radical (unpaired) electrons. The Balaban J connectivity index is 0.000000233. The zero-order chi connectivity index (χ0) is 20.7. The monoisotopic (exact) mass is 411 g/mol. The highest BCUT2D eigenvalue weighted by atomic mass is 32.2. The fourth-order valence-electron chi connectivity index (χ4n) is 2.14. The molecule has 3 aromatic rings. The highest BCUT2D eigenvalue weighted by Gasteiger charge is 2.29. The lowest BCUT2D eigenvalue weighted by Crippen LogP contribution is -2.20. The number of fused-ring (bicyclic) bond motifs is 1. The first-order valence-corrected chi connectivity index (χ1v) is 9.11. The van der Waals surface area contributed by atoms with Crippen molar-refractivity contribution in [3.05, 3.63) is 60.3 Å². The summed E-state index contributed by atoms with van der Waals surface area (Å²) in [5.41, 5.74) is 6.83. The van der Waals surface area contributed by atoms with Crippen molar-refractivity contribution in [3.63, 3.8) is 0 Å². The predicted molar refractivity (Wildman–Crippen MR) is 105 cm³/mol. The number of halogens is 3. The number of benzene rings is 2. The summed E-state index contributed by atoms with van der Waals surface area (Å²) in [4.78, 5) is 14.7. The number of amides is 1. The number of para-hydroxylation sites is 1. The third-order valence-corrected chi connectivity index (χ3v) is 4.17. The molecular formula is C19H20F3N3O2S.